The van der Waals surface area contributed by atoms with Gasteiger partial charge in [0.15, 0.2) is 21.5 Å². The second kappa shape index (κ2) is 5.51. The van der Waals surface area contributed by atoms with Crippen molar-refractivity contribution in [3.05, 3.63) is 59.7 Å². The first-order valence-corrected chi connectivity index (χ1v) is 9.64. The average Bonchev–Trinajstić information content (AvgIpc) is 3.30. The van der Waals surface area contributed by atoms with Crippen LogP contribution in [0, 0.1) is 13.8 Å². The number of fused-ring (bicyclic) bond motifs is 2. The van der Waals surface area contributed by atoms with Gasteiger partial charge in [-0.3, -0.25) is 0 Å². The van der Waals surface area contributed by atoms with Crippen LogP contribution >= 0.6 is 22.7 Å². The lowest BCUT2D eigenvalue weighted by Gasteiger charge is -1.89. The molecule has 5 rings (SSSR count). The standard InChI is InChI=1S/C20H14N2OS2/c1-11-3-5-13-17(9-11)24-19(21-13)15-7-8-16(23-15)20-22-14-6-4-12(2)10-18(14)25-20/h3-10H,1-2H3. The van der Waals surface area contributed by atoms with Crippen LogP contribution in [-0.2, 0) is 0 Å². The summed E-state index contributed by atoms with van der Waals surface area (Å²) in [6.07, 6.45) is 0. The molecule has 0 spiro atoms. The van der Waals surface area contributed by atoms with E-state index in [9.17, 15) is 0 Å². The van der Waals surface area contributed by atoms with E-state index in [0.717, 1.165) is 32.6 Å². The number of nitrogens with zero attached hydrogens (tertiary/aromatic N) is 2. The maximum atomic E-state index is 6.07. The first kappa shape index (κ1) is 14.8. The van der Waals surface area contributed by atoms with Crippen molar-refractivity contribution in [3.8, 4) is 21.5 Å². The molecular formula is C20H14N2OS2. The highest BCUT2D eigenvalue weighted by Gasteiger charge is 2.14. The summed E-state index contributed by atoms with van der Waals surface area (Å²) in [6.45, 7) is 4.19. The van der Waals surface area contributed by atoms with Crippen LogP contribution < -0.4 is 0 Å². The first-order valence-electron chi connectivity index (χ1n) is 8.01. The summed E-state index contributed by atoms with van der Waals surface area (Å²) in [5, 5.41) is 1.81. The minimum atomic E-state index is 0.796. The predicted octanol–water partition coefficient (Wildman–Crippen LogP) is 6.45. The van der Waals surface area contributed by atoms with Crippen molar-refractivity contribution in [2.45, 2.75) is 13.8 Å². The largest absolute Gasteiger partial charge is 0.451 e. The van der Waals surface area contributed by atoms with Crippen molar-refractivity contribution in [2.24, 2.45) is 0 Å². The number of hydrogen-bond acceptors (Lipinski definition) is 5. The van der Waals surface area contributed by atoms with Crippen LogP contribution in [-0.4, -0.2) is 9.97 Å². The molecule has 0 atom stereocenters. The molecule has 0 amide bonds. The Kier molecular flexibility index (Phi) is 3.26. The molecule has 3 aromatic heterocycles. The van der Waals surface area contributed by atoms with Crippen molar-refractivity contribution in [3.63, 3.8) is 0 Å². The van der Waals surface area contributed by atoms with Crippen LogP contribution in [0.4, 0.5) is 0 Å². The molecule has 0 saturated heterocycles. The highest BCUT2D eigenvalue weighted by Crippen LogP contribution is 2.36. The van der Waals surface area contributed by atoms with E-state index < -0.39 is 0 Å². The first-order chi connectivity index (χ1) is 12.2. The molecule has 0 saturated carbocycles. The second-order valence-corrected chi connectivity index (χ2v) is 8.21. The number of benzene rings is 2. The van der Waals surface area contributed by atoms with E-state index in [4.69, 9.17) is 14.4 Å². The normalized spacial score (nSPS) is 11.6. The molecule has 5 aromatic rings. The van der Waals surface area contributed by atoms with Crippen molar-refractivity contribution in [1.29, 1.82) is 0 Å². The molecular weight excluding hydrogens is 348 g/mol. The molecule has 3 nitrogen and oxygen atoms in total. The van der Waals surface area contributed by atoms with Crippen molar-refractivity contribution in [2.75, 3.05) is 0 Å². The summed E-state index contributed by atoms with van der Waals surface area (Å²) in [4.78, 5) is 9.39. The maximum Gasteiger partial charge on any atom is 0.163 e. The minimum Gasteiger partial charge on any atom is -0.451 e. The lowest BCUT2D eigenvalue weighted by Crippen LogP contribution is -1.73. The van der Waals surface area contributed by atoms with Gasteiger partial charge in [0, 0.05) is 0 Å². The molecule has 0 radical (unpaired) electrons. The van der Waals surface area contributed by atoms with E-state index in [1.165, 1.54) is 20.5 Å². The van der Waals surface area contributed by atoms with Gasteiger partial charge in [-0.15, -0.1) is 22.7 Å². The summed E-state index contributed by atoms with van der Waals surface area (Å²) in [7, 11) is 0. The molecule has 0 unspecified atom stereocenters. The Balaban J connectivity index is 1.56. The molecule has 25 heavy (non-hydrogen) atoms. The zero-order chi connectivity index (χ0) is 17.0. The molecule has 2 aromatic carbocycles. The van der Waals surface area contributed by atoms with Gasteiger partial charge >= 0.3 is 0 Å². The van der Waals surface area contributed by atoms with Gasteiger partial charge in [-0.2, -0.15) is 0 Å². The van der Waals surface area contributed by atoms with Gasteiger partial charge in [-0.05, 0) is 61.4 Å². The van der Waals surface area contributed by atoms with Gasteiger partial charge in [-0.25, -0.2) is 9.97 Å². The van der Waals surface area contributed by atoms with E-state index in [-0.39, 0.29) is 0 Å². The fourth-order valence-electron chi connectivity index (χ4n) is 2.84. The lowest BCUT2D eigenvalue weighted by atomic mass is 10.2. The number of thiazole rings is 2. The molecule has 0 fully saturated rings. The Bertz CT molecular complexity index is 1130. The van der Waals surface area contributed by atoms with Gasteiger partial charge in [-0.1, -0.05) is 12.1 Å². The van der Waals surface area contributed by atoms with E-state index >= 15 is 0 Å². The van der Waals surface area contributed by atoms with E-state index in [2.05, 4.69) is 50.2 Å². The Hall–Kier alpha value is -2.50. The molecule has 0 N–H and O–H groups in total. The van der Waals surface area contributed by atoms with Crippen LogP contribution in [0.2, 0.25) is 0 Å². The third kappa shape index (κ3) is 2.56. The Labute approximate surface area is 152 Å². The summed E-state index contributed by atoms with van der Waals surface area (Å²) in [5.74, 6) is 1.59. The average molecular weight is 362 g/mol. The quantitative estimate of drug-likeness (QED) is 0.362. The Morgan fingerprint density at radius 1 is 0.680 bits per heavy atom. The van der Waals surface area contributed by atoms with Crippen molar-refractivity contribution in [1.82, 2.24) is 9.97 Å². The smallest absolute Gasteiger partial charge is 0.163 e. The van der Waals surface area contributed by atoms with E-state index in [1.54, 1.807) is 22.7 Å². The molecule has 0 bridgehead atoms. The van der Waals surface area contributed by atoms with Crippen LogP contribution in [0.3, 0.4) is 0 Å². The summed E-state index contributed by atoms with van der Waals surface area (Å²) < 4.78 is 8.44. The van der Waals surface area contributed by atoms with Crippen LogP contribution in [0.25, 0.3) is 42.0 Å². The zero-order valence-electron chi connectivity index (χ0n) is 13.7. The van der Waals surface area contributed by atoms with Crippen molar-refractivity contribution < 1.29 is 4.42 Å². The number of rotatable bonds is 2. The van der Waals surface area contributed by atoms with Gasteiger partial charge in [0.25, 0.3) is 0 Å². The molecule has 0 aliphatic heterocycles. The van der Waals surface area contributed by atoms with E-state index in [1.807, 2.05) is 12.1 Å². The molecule has 3 heterocycles. The fraction of sp³-hybridized carbons (Fsp3) is 0.100. The van der Waals surface area contributed by atoms with Crippen LogP contribution in [0.5, 0.6) is 0 Å². The third-order valence-electron chi connectivity index (χ3n) is 4.12. The highest BCUT2D eigenvalue weighted by molar-refractivity contribution is 7.22. The van der Waals surface area contributed by atoms with Gasteiger partial charge in [0.2, 0.25) is 0 Å². The third-order valence-corrected chi connectivity index (χ3v) is 6.18. The zero-order valence-corrected chi connectivity index (χ0v) is 15.4. The summed E-state index contributed by atoms with van der Waals surface area (Å²) in [6, 6.07) is 16.6. The van der Waals surface area contributed by atoms with Gasteiger partial charge in [0.1, 0.15) is 0 Å². The lowest BCUT2D eigenvalue weighted by molar-refractivity contribution is 0.596. The molecule has 0 aliphatic rings. The number of furan rings is 1. The molecule has 122 valence electrons. The highest BCUT2D eigenvalue weighted by atomic mass is 32.1. The topological polar surface area (TPSA) is 38.9 Å². The fourth-order valence-corrected chi connectivity index (χ4v) is 4.89. The number of aromatic nitrogens is 2. The SMILES string of the molecule is Cc1ccc2nc(-c3ccc(-c4nc5ccc(C)cc5s4)o3)sc2c1. The molecule has 0 aliphatic carbocycles. The predicted molar refractivity (Wildman–Crippen MR) is 105 cm³/mol. The number of aryl methyl sites for hydroxylation is 2. The molecule has 5 heteroatoms. The second-order valence-electron chi connectivity index (χ2n) is 6.14. The maximum absolute atomic E-state index is 6.07. The monoisotopic (exact) mass is 362 g/mol. The summed E-state index contributed by atoms with van der Waals surface area (Å²) >= 11 is 3.32. The van der Waals surface area contributed by atoms with Gasteiger partial charge < -0.3 is 4.42 Å². The van der Waals surface area contributed by atoms with E-state index in [0.29, 0.717) is 0 Å². The van der Waals surface area contributed by atoms with Crippen molar-refractivity contribution >= 4 is 43.1 Å². The number of hydrogen-bond donors (Lipinski definition) is 0. The van der Waals surface area contributed by atoms with Gasteiger partial charge in [0.05, 0.1) is 20.4 Å². The Morgan fingerprint density at radius 2 is 1.16 bits per heavy atom. The summed E-state index contributed by atoms with van der Waals surface area (Å²) in [5.41, 5.74) is 4.51. The van der Waals surface area contributed by atoms with Crippen LogP contribution in [0.1, 0.15) is 11.1 Å². The Morgan fingerprint density at radius 3 is 1.64 bits per heavy atom. The van der Waals surface area contributed by atoms with Crippen LogP contribution in [0.15, 0.2) is 52.9 Å². The minimum absolute atomic E-state index is 0.796.